The molecule has 0 spiro atoms. The second-order valence-corrected chi connectivity index (χ2v) is 4.88. The molecule has 18 heavy (non-hydrogen) atoms. The second kappa shape index (κ2) is 6.88. The first-order valence-electron chi connectivity index (χ1n) is 6.86. The third-order valence-corrected chi connectivity index (χ3v) is 3.55. The Bertz CT molecular complexity index is 334. The van der Waals surface area contributed by atoms with Crippen LogP contribution in [0.1, 0.15) is 31.4 Å². The lowest BCUT2D eigenvalue weighted by molar-refractivity contribution is 0.00328. The van der Waals surface area contributed by atoms with E-state index in [9.17, 15) is 5.11 Å². The van der Waals surface area contributed by atoms with E-state index in [0.29, 0.717) is 6.10 Å². The lowest BCUT2D eigenvalue weighted by Crippen LogP contribution is -2.39. The number of piperidine rings is 1. The van der Waals surface area contributed by atoms with Crippen molar-refractivity contribution < 1.29 is 9.84 Å². The van der Waals surface area contributed by atoms with E-state index in [1.54, 1.807) is 0 Å². The monoisotopic (exact) mass is 249 g/mol. The highest BCUT2D eigenvalue weighted by molar-refractivity contribution is 5.17. The highest BCUT2D eigenvalue weighted by Gasteiger charge is 2.21. The molecule has 100 valence electrons. The minimum Gasteiger partial charge on any atom is -0.387 e. The molecule has 1 aliphatic heterocycles. The van der Waals surface area contributed by atoms with Crippen molar-refractivity contribution in [3.05, 3.63) is 35.9 Å². The topological polar surface area (TPSA) is 32.7 Å². The van der Waals surface area contributed by atoms with Crippen LogP contribution in [0.2, 0.25) is 0 Å². The normalized spacial score (nSPS) is 19.9. The lowest BCUT2D eigenvalue weighted by atomic mass is 10.1. The summed E-state index contributed by atoms with van der Waals surface area (Å²) in [5, 5.41) is 10.2. The Morgan fingerprint density at radius 1 is 1.28 bits per heavy atom. The average molecular weight is 249 g/mol. The van der Waals surface area contributed by atoms with Crippen LogP contribution in [0.25, 0.3) is 0 Å². The molecular formula is C15H23NO2. The maximum Gasteiger partial charge on any atom is 0.0916 e. The number of aliphatic hydroxyl groups excluding tert-OH is 1. The van der Waals surface area contributed by atoms with Crippen LogP contribution in [0.3, 0.4) is 0 Å². The lowest BCUT2D eigenvalue weighted by Gasteiger charge is -2.32. The number of β-amino-alcohol motifs (C(OH)–C–C–N with tert-alkyl or cyclic N) is 1. The van der Waals surface area contributed by atoms with Gasteiger partial charge >= 0.3 is 0 Å². The zero-order valence-corrected chi connectivity index (χ0v) is 11.1. The van der Waals surface area contributed by atoms with Crippen molar-refractivity contribution in [1.29, 1.82) is 0 Å². The third kappa shape index (κ3) is 3.80. The summed E-state index contributed by atoms with van der Waals surface area (Å²) in [7, 11) is 0. The van der Waals surface area contributed by atoms with Crippen molar-refractivity contribution in [2.75, 3.05) is 26.2 Å². The first kappa shape index (κ1) is 13.5. The minimum atomic E-state index is -0.380. The summed E-state index contributed by atoms with van der Waals surface area (Å²) in [6.45, 7) is 5.62. The fourth-order valence-corrected chi connectivity index (χ4v) is 2.52. The maximum atomic E-state index is 10.2. The minimum absolute atomic E-state index is 0.380. The quantitative estimate of drug-likeness (QED) is 0.868. The van der Waals surface area contributed by atoms with Crippen LogP contribution in [0.15, 0.2) is 30.3 Å². The molecule has 2 rings (SSSR count). The van der Waals surface area contributed by atoms with Crippen LogP contribution in [-0.4, -0.2) is 42.4 Å². The molecule has 0 aromatic heterocycles. The number of benzene rings is 1. The van der Waals surface area contributed by atoms with Crippen LogP contribution < -0.4 is 0 Å². The molecule has 0 saturated carbocycles. The molecule has 0 aliphatic carbocycles. The Labute approximate surface area is 109 Å². The highest BCUT2D eigenvalue weighted by Crippen LogP contribution is 2.18. The Morgan fingerprint density at radius 3 is 2.56 bits per heavy atom. The number of likely N-dealkylation sites (tertiary alicyclic amines) is 1. The van der Waals surface area contributed by atoms with E-state index in [2.05, 4.69) is 4.90 Å². The number of hydrogen-bond donors (Lipinski definition) is 1. The molecule has 3 heteroatoms. The van der Waals surface area contributed by atoms with Gasteiger partial charge in [-0.1, -0.05) is 30.3 Å². The molecule has 0 radical (unpaired) electrons. The molecule has 1 unspecified atom stereocenters. The van der Waals surface area contributed by atoms with Crippen LogP contribution in [-0.2, 0) is 4.74 Å². The predicted octanol–water partition coefficient (Wildman–Crippen LogP) is 2.22. The second-order valence-electron chi connectivity index (χ2n) is 4.88. The first-order valence-corrected chi connectivity index (χ1v) is 6.86. The van der Waals surface area contributed by atoms with Gasteiger partial charge in [0.1, 0.15) is 0 Å². The van der Waals surface area contributed by atoms with E-state index in [-0.39, 0.29) is 6.10 Å². The molecule has 1 aliphatic rings. The smallest absolute Gasteiger partial charge is 0.0916 e. The van der Waals surface area contributed by atoms with Crippen molar-refractivity contribution in [3.63, 3.8) is 0 Å². The van der Waals surface area contributed by atoms with Gasteiger partial charge in [-0.2, -0.15) is 0 Å². The largest absolute Gasteiger partial charge is 0.387 e. The Hall–Kier alpha value is -0.900. The third-order valence-electron chi connectivity index (χ3n) is 3.55. The van der Waals surface area contributed by atoms with Gasteiger partial charge in [0.15, 0.2) is 0 Å². The number of rotatable bonds is 5. The molecule has 3 nitrogen and oxygen atoms in total. The van der Waals surface area contributed by atoms with Crippen LogP contribution in [0.5, 0.6) is 0 Å². The molecule has 1 saturated heterocycles. The van der Waals surface area contributed by atoms with Crippen molar-refractivity contribution >= 4 is 0 Å². The van der Waals surface area contributed by atoms with Crippen LogP contribution in [0.4, 0.5) is 0 Å². The van der Waals surface area contributed by atoms with Gasteiger partial charge in [0.2, 0.25) is 0 Å². The summed E-state index contributed by atoms with van der Waals surface area (Å²) in [4.78, 5) is 2.33. The number of aliphatic hydroxyl groups is 1. The zero-order chi connectivity index (χ0) is 12.8. The Morgan fingerprint density at radius 2 is 1.94 bits per heavy atom. The summed E-state index contributed by atoms with van der Waals surface area (Å²) in [5.41, 5.74) is 1.00. The highest BCUT2D eigenvalue weighted by atomic mass is 16.5. The first-order chi connectivity index (χ1) is 8.79. The van der Waals surface area contributed by atoms with E-state index >= 15 is 0 Å². The van der Waals surface area contributed by atoms with Crippen molar-refractivity contribution in [1.82, 2.24) is 4.90 Å². The molecule has 0 bridgehead atoms. The van der Waals surface area contributed by atoms with Gasteiger partial charge in [-0.3, -0.25) is 0 Å². The van der Waals surface area contributed by atoms with E-state index in [1.165, 1.54) is 0 Å². The van der Waals surface area contributed by atoms with Gasteiger partial charge in [-0.05, 0) is 25.3 Å². The van der Waals surface area contributed by atoms with Crippen molar-refractivity contribution in [2.45, 2.75) is 32.0 Å². The fraction of sp³-hybridized carbons (Fsp3) is 0.600. The molecule has 1 fully saturated rings. The van der Waals surface area contributed by atoms with Gasteiger partial charge in [0.05, 0.1) is 12.2 Å². The van der Waals surface area contributed by atoms with Gasteiger partial charge in [-0.15, -0.1) is 0 Å². The number of ether oxygens (including phenoxy) is 1. The zero-order valence-electron chi connectivity index (χ0n) is 11.1. The SMILES string of the molecule is CCOC1CCN(CC(O)c2ccccc2)CC1. The predicted molar refractivity (Wildman–Crippen MR) is 72.5 cm³/mol. The molecule has 0 amide bonds. The molecule has 1 aromatic carbocycles. The Kier molecular flexibility index (Phi) is 5.17. The summed E-state index contributed by atoms with van der Waals surface area (Å²) in [6, 6.07) is 9.89. The van der Waals surface area contributed by atoms with Crippen molar-refractivity contribution in [3.8, 4) is 0 Å². The van der Waals surface area contributed by atoms with E-state index in [4.69, 9.17) is 4.74 Å². The maximum absolute atomic E-state index is 10.2. The molecule has 1 atom stereocenters. The summed E-state index contributed by atoms with van der Waals surface area (Å²) >= 11 is 0. The molecule has 1 aromatic rings. The van der Waals surface area contributed by atoms with E-state index in [1.807, 2.05) is 37.3 Å². The van der Waals surface area contributed by atoms with Crippen molar-refractivity contribution in [2.24, 2.45) is 0 Å². The summed E-state index contributed by atoms with van der Waals surface area (Å²) < 4.78 is 5.63. The standard InChI is InChI=1S/C15H23NO2/c1-2-18-14-8-10-16(11-9-14)12-15(17)13-6-4-3-5-7-13/h3-7,14-15,17H,2,8-12H2,1H3. The van der Waals surface area contributed by atoms with E-state index in [0.717, 1.165) is 44.6 Å². The number of nitrogens with zero attached hydrogens (tertiary/aromatic N) is 1. The Balaban J connectivity index is 1.78. The molecular weight excluding hydrogens is 226 g/mol. The van der Waals surface area contributed by atoms with Gasteiger partial charge in [0.25, 0.3) is 0 Å². The molecule has 1 N–H and O–H groups in total. The fourth-order valence-electron chi connectivity index (χ4n) is 2.52. The van der Waals surface area contributed by atoms with Crippen LogP contribution >= 0.6 is 0 Å². The number of hydrogen-bond acceptors (Lipinski definition) is 3. The summed E-state index contributed by atoms with van der Waals surface area (Å²) in [6.07, 6.45) is 2.19. The van der Waals surface area contributed by atoms with Gasteiger partial charge < -0.3 is 14.7 Å². The molecule has 1 heterocycles. The summed E-state index contributed by atoms with van der Waals surface area (Å²) in [5.74, 6) is 0. The van der Waals surface area contributed by atoms with Gasteiger partial charge in [-0.25, -0.2) is 0 Å². The van der Waals surface area contributed by atoms with E-state index < -0.39 is 0 Å². The van der Waals surface area contributed by atoms with Gasteiger partial charge in [0, 0.05) is 26.2 Å². The van der Waals surface area contributed by atoms with Crippen LogP contribution in [0, 0.1) is 0 Å². The average Bonchev–Trinajstić information content (AvgIpc) is 2.42.